The summed E-state index contributed by atoms with van der Waals surface area (Å²) in [6, 6.07) is 5.30. The number of rotatable bonds is 6. The lowest BCUT2D eigenvalue weighted by Crippen LogP contribution is -2.42. The number of hydrogen-bond donors (Lipinski definition) is 0. The SMILES string of the molecule is CCCCOC(=O)N1CCC(Oc2ccc(OC(F)(F)F)cc2)CC1. The number of ether oxygens (including phenoxy) is 3. The van der Waals surface area contributed by atoms with Gasteiger partial charge in [0.05, 0.1) is 6.61 Å². The average molecular weight is 361 g/mol. The maximum absolute atomic E-state index is 12.1. The molecule has 0 atom stereocenters. The third-order valence-electron chi connectivity index (χ3n) is 3.78. The highest BCUT2D eigenvalue weighted by Crippen LogP contribution is 2.26. The Morgan fingerprint density at radius 2 is 1.76 bits per heavy atom. The van der Waals surface area contributed by atoms with Gasteiger partial charge in [-0.05, 0) is 30.7 Å². The van der Waals surface area contributed by atoms with Crippen LogP contribution in [0.3, 0.4) is 0 Å². The Labute approximate surface area is 144 Å². The Hall–Kier alpha value is -2.12. The number of hydrogen-bond acceptors (Lipinski definition) is 4. The minimum atomic E-state index is -4.71. The number of piperidine rings is 1. The van der Waals surface area contributed by atoms with Crippen molar-refractivity contribution >= 4 is 6.09 Å². The van der Waals surface area contributed by atoms with E-state index >= 15 is 0 Å². The van der Waals surface area contributed by atoms with Crippen molar-refractivity contribution in [3.05, 3.63) is 24.3 Å². The topological polar surface area (TPSA) is 48.0 Å². The van der Waals surface area contributed by atoms with Gasteiger partial charge < -0.3 is 19.1 Å². The third kappa shape index (κ3) is 6.72. The van der Waals surface area contributed by atoms with Gasteiger partial charge in [-0.3, -0.25) is 0 Å². The van der Waals surface area contributed by atoms with E-state index in [1.807, 2.05) is 6.92 Å². The molecule has 1 saturated heterocycles. The molecule has 1 aromatic rings. The van der Waals surface area contributed by atoms with Crippen molar-refractivity contribution in [2.75, 3.05) is 19.7 Å². The smallest absolute Gasteiger partial charge is 0.490 e. The summed E-state index contributed by atoms with van der Waals surface area (Å²) in [5.74, 6) is 0.183. The minimum absolute atomic E-state index is 0.0888. The fourth-order valence-electron chi connectivity index (χ4n) is 2.46. The van der Waals surface area contributed by atoms with Gasteiger partial charge in [-0.1, -0.05) is 13.3 Å². The normalized spacial score (nSPS) is 15.8. The van der Waals surface area contributed by atoms with Gasteiger partial charge in [-0.25, -0.2) is 4.79 Å². The van der Waals surface area contributed by atoms with Crippen molar-refractivity contribution in [3.8, 4) is 11.5 Å². The van der Waals surface area contributed by atoms with Crippen LogP contribution in [0.15, 0.2) is 24.3 Å². The van der Waals surface area contributed by atoms with Crippen LogP contribution in [0.4, 0.5) is 18.0 Å². The molecule has 8 heteroatoms. The fourth-order valence-corrected chi connectivity index (χ4v) is 2.46. The third-order valence-corrected chi connectivity index (χ3v) is 3.78. The van der Waals surface area contributed by atoms with Crippen molar-refractivity contribution in [2.45, 2.75) is 45.1 Å². The molecule has 0 aliphatic carbocycles. The van der Waals surface area contributed by atoms with Gasteiger partial charge in [0.25, 0.3) is 0 Å². The number of alkyl halides is 3. The lowest BCUT2D eigenvalue weighted by molar-refractivity contribution is -0.274. The van der Waals surface area contributed by atoms with Crippen LogP contribution in [0.5, 0.6) is 11.5 Å². The Morgan fingerprint density at radius 1 is 1.16 bits per heavy atom. The number of halogens is 3. The number of amides is 1. The monoisotopic (exact) mass is 361 g/mol. The van der Waals surface area contributed by atoms with Crippen molar-refractivity contribution in [2.24, 2.45) is 0 Å². The van der Waals surface area contributed by atoms with Crippen LogP contribution < -0.4 is 9.47 Å². The highest BCUT2D eigenvalue weighted by Gasteiger charge is 2.31. The summed E-state index contributed by atoms with van der Waals surface area (Å²) >= 11 is 0. The van der Waals surface area contributed by atoms with Gasteiger partial charge in [-0.2, -0.15) is 0 Å². The molecule has 1 aliphatic heterocycles. The highest BCUT2D eigenvalue weighted by molar-refractivity contribution is 5.67. The van der Waals surface area contributed by atoms with E-state index in [0.717, 1.165) is 12.8 Å². The molecule has 1 fully saturated rings. The predicted octanol–water partition coefficient (Wildman–Crippen LogP) is 4.37. The summed E-state index contributed by atoms with van der Waals surface area (Å²) in [7, 11) is 0. The lowest BCUT2D eigenvalue weighted by Gasteiger charge is -2.31. The maximum atomic E-state index is 12.1. The molecule has 0 saturated carbocycles. The molecule has 140 valence electrons. The summed E-state index contributed by atoms with van der Waals surface area (Å²) in [6.07, 6.45) is -2.00. The van der Waals surface area contributed by atoms with Crippen LogP contribution in [0, 0.1) is 0 Å². The van der Waals surface area contributed by atoms with Gasteiger partial charge in [-0.15, -0.1) is 13.2 Å². The van der Waals surface area contributed by atoms with Crippen LogP contribution in [0.25, 0.3) is 0 Å². The molecule has 1 amide bonds. The van der Waals surface area contributed by atoms with E-state index in [1.54, 1.807) is 4.90 Å². The molecule has 1 aromatic carbocycles. The van der Waals surface area contributed by atoms with E-state index in [0.29, 0.717) is 38.3 Å². The minimum Gasteiger partial charge on any atom is -0.490 e. The summed E-state index contributed by atoms with van der Waals surface area (Å²) in [5.41, 5.74) is 0. The van der Waals surface area contributed by atoms with E-state index in [-0.39, 0.29) is 17.9 Å². The Balaban J connectivity index is 1.75. The number of benzene rings is 1. The number of carbonyl (C=O) groups is 1. The van der Waals surface area contributed by atoms with Crippen molar-refractivity contribution in [3.63, 3.8) is 0 Å². The van der Waals surface area contributed by atoms with Gasteiger partial charge in [0.2, 0.25) is 0 Å². The zero-order valence-corrected chi connectivity index (χ0v) is 14.1. The standard InChI is InChI=1S/C17H22F3NO4/c1-2-3-12-23-16(22)21-10-8-14(9-11-21)24-13-4-6-15(7-5-13)25-17(18,19)20/h4-7,14H,2-3,8-12H2,1H3. The van der Waals surface area contributed by atoms with E-state index in [1.165, 1.54) is 24.3 Å². The lowest BCUT2D eigenvalue weighted by atomic mass is 10.1. The summed E-state index contributed by atoms with van der Waals surface area (Å²) < 4.78 is 51.1. The number of likely N-dealkylation sites (tertiary alicyclic amines) is 1. The molecule has 1 heterocycles. The maximum Gasteiger partial charge on any atom is 0.573 e. The van der Waals surface area contributed by atoms with E-state index in [9.17, 15) is 18.0 Å². The first-order valence-electron chi connectivity index (χ1n) is 8.31. The molecule has 0 N–H and O–H groups in total. The second-order valence-corrected chi connectivity index (χ2v) is 5.79. The molecule has 0 bridgehead atoms. The quantitative estimate of drug-likeness (QED) is 0.706. The van der Waals surface area contributed by atoms with Gasteiger partial charge >= 0.3 is 12.5 Å². The molecule has 5 nitrogen and oxygen atoms in total. The van der Waals surface area contributed by atoms with Crippen LogP contribution in [-0.2, 0) is 4.74 Å². The van der Waals surface area contributed by atoms with Crippen molar-refractivity contribution in [1.29, 1.82) is 0 Å². The average Bonchev–Trinajstić information content (AvgIpc) is 2.56. The second kappa shape index (κ2) is 8.82. The van der Waals surface area contributed by atoms with E-state index in [4.69, 9.17) is 9.47 Å². The van der Waals surface area contributed by atoms with E-state index in [2.05, 4.69) is 4.74 Å². The zero-order valence-electron chi connectivity index (χ0n) is 14.1. The molecule has 0 aromatic heterocycles. The number of unbranched alkanes of at least 4 members (excludes halogenated alkanes) is 1. The van der Waals surface area contributed by atoms with Crippen LogP contribution >= 0.6 is 0 Å². The summed E-state index contributed by atoms with van der Waals surface area (Å²) in [4.78, 5) is 13.5. The Morgan fingerprint density at radius 3 is 2.32 bits per heavy atom. The van der Waals surface area contributed by atoms with Gasteiger partial charge in [0.1, 0.15) is 17.6 Å². The van der Waals surface area contributed by atoms with Crippen molar-refractivity contribution < 1.29 is 32.2 Å². The molecule has 0 unspecified atom stereocenters. The molecule has 25 heavy (non-hydrogen) atoms. The first-order chi connectivity index (χ1) is 11.9. The molecular weight excluding hydrogens is 339 g/mol. The first-order valence-corrected chi connectivity index (χ1v) is 8.31. The first kappa shape index (κ1) is 19.2. The summed E-state index contributed by atoms with van der Waals surface area (Å²) in [5, 5.41) is 0. The van der Waals surface area contributed by atoms with Gasteiger partial charge in [0.15, 0.2) is 0 Å². The number of nitrogens with zero attached hydrogens (tertiary/aromatic N) is 1. The van der Waals surface area contributed by atoms with Gasteiger partial charge in [0, 0.05) is 25.9 Å². The molecule has 0 spiro atoms. The van der Waals surface area contributed by atoms with Crippen LogP contribution in [0.1, 0.15) is 32.6 Å². The summed E-state index contributed by atoms with van der Waals surface area (Å²) in [6.45, 7) is 3.52. The Kier molecular flexibility index (Phi) is 6.78. The second-order valence-electron chi connectivity index (χ2n) is 5.79. The predicted molar refractivity (Wildman–Crippen MR) is 84.6 cm³/mol. The highest BCUT2D eigenvalue weighted by atomic mass is 19.4. The fraction of sp³-hybridized carbons (Fsp3) is 0.588. The largest absolute Gasteiger partial charge is 0.573 e. The van der Waals surface area contributed by atoms with Crippen LogP contribution in [-0.4, -0.2) is 43.2 Å². The van der Waals surface area contributed by atoms with Crippen LogP contribution in [0.2, 0.25) is 0 Å². The zero-order chi connectivity index (χ0) is 18.3. The number of carbonyl (C=O) groups excluding carboxylic acids is 1. The Bertz CT molecular complexity index is 540. The van der Waals surface area contributed by atoms with E-state index < -0.39 is 6.36 Å². The molecule has 0 radical (unpaired) electrons. The van der Waals surface area contributed by atoms with Crippen molar-refractivity contribution in [1.82, 2.24) is 4.90 Å². The molecule has 2 rings (SSSR count). The molecular formula is C17H22F3NO4. The molecule has 1 aliphatic rings.